The molecular weight excluding hydrogens is 342 g/mol. The minimum atomic E-state index is 0.683. The molecule has 3 aromatic heterocycles. The molecule has 0 amide bonds. The summed E-state index contributed by atoms with van der Waals surface area (Å²) < 4.78 is 5.08. The van der Waals surface area contributed by atoms with Gasteiger partial charge in [0.1, 0.15) is 11.2 Å². The van der Waals surface area contributed by atoms with Crippen molar-refractivity contribution >= 4 is 45.8 Å². The summed E-state index contributed by atoms with van der Waals surface area (Å²) in [5, 5.41) is 7.70. The molecule has 0 spiro atoms. The van der Waals surface area contributed by atoms with Crippen molar-refractivity contribution in [1.29, 1.82) is 0 Å². The van der Waals surface area contributed by atoms with E-state index in [0.29, 0.717) is 10.1 Å². The van der Waals surface area contributed by atoms with E-state index in [9.17, 15) is 0 Å². The maximum Gasteiger partial charge on any atom is 0.170 e. The van der Waals surface area contributed by atoms with Gasteiger partial charge < -0.3 is 15.1 Å². The zero-order valence-corrected chi connectivity index (χ0v) is 15.3. The number of anilines is 1. The highest BCUT2D eigenvalue weighted by molar-refractivity contribution is 7.80. The fraction of sp³-hybridized carbons (Fsp3) is 0.333. The molecule has 3 aromatic rings. The van der Waals surface area contributed by atoms with Crippen molar-refractivity contribution in [3.63, 3.8) is 0 Å². The number of rotatable bonds is 6. The number of fused-ring (bicyclic) bond motifs is 2. The lowest BCUT2D eigenvalue weighted by Crippen LogP contribution is -2.29. The minimum absolute atomic E-state index is 0.683. The summed E-state index contributed by atoms with van der Waals surface area (Å²) in [5.74, 6) is 0. The Morgan fingerprint density at radius 2 is 1.96 bits per heavy atom. The molecule has 0 atom stereocenters. The van der Waals surface area contributed by atoms with Gasteiger partial charge in [-0.05, 0) is 42.9 Å². The van der Waals surface area contributed by atoms with Crippen LogP contribution in [0.4, 0.5) is 5.69 Å². The number of aromatic nitrogens is 1. The van der Waals surface area contributed by atoms with E-state index in [1.165, 1.54) is 25.7 Å². The molecule has 2 N–H and O–H groups in total. The lowest BCUT2D eigenvalue weighted by molar-refractivity contribution is 0.655. The first-order valence-corrected chi connectivity index (χ1v) is 8.90. The van der Waals surface area contributed by atoms with Gasteiger partial charge in [-0.1, -0.05) is 37.8 Å². The number of nitrogens with zero attached hydrogens (tertiary/aromatic N) is 1. The number of furan rings is 2. The second-order valence-electron chi connectivity index (χ2n) is 5.37. The molecule has 3 heterocycles. The molecule has 0 unspecified atom stereocenters. The molecule has 128 valence electrons. The fourth-order valence-electron chi connectivity index (χ4n) is 2.12. The largest absolute Gasteiger partial charge is 0.456 e. The van der Waals surface area contributed by atoms with Crippen molar-refractivity contribution in [3.8, 4) is 0 Å². The van der Waals surface area contributed by atoms with Gasteiger partial charge in [-0.15, -0.1) is 0 Å². The van der Waals surface area contributed by atoms with Crippen molar-refractivity contribution < 1.29 is 4.42 Å². The Morgan fingerprint density at radius 1 is 1.17 bits per heavy atom. The summed E-state index contributed by atoms with van der Waals surface area (Å²) in [4.78, 5) is 3.94. The number of pyridine rings is 1. The van der Waals surface area contributed by atoms with Crippen LogP contribution < -0.4 is 10.6 Å². The van der Waals surface area contributed by atoms with E-state index in [1.807, 2.05) is 24.3 Å². The molecule has 0 radical (unpaired) electrons. The molecular formula is C18H22ClN3OS. The number of halogens is 1. The fourth-order valence-corrected chi connectivity index (χ4v) is 2.55. The van der Waals surface area contributed by atoms with Crippen LogP contribution in [0.5, 0.6) is 0 Å². The molecule has 2 bridgehead atoms. The van der Waals surface area contributed by atoms with E-state index < -0.39 is 0 Å². The number of hydrogen-bond acceptors (Lipinski definition) is 3. The van der Waals surface area contributed by atoms with Crippen molar-refractivity contribution in [2.24, 2.45) is 0 Å². The van der Waals surface area contributed by atoms with Crippen LogP contribution in [0.3, 0.4) is 0 Å². The Hall–Kier alpha value is -1.85. The van der Waals surface area contributed by atoms with Gasteiger partial charge >= 0.3 is 0 Å². The Balaban J connectivity index is 0.000000214. The van der Waals surface area contributed by atoms with Crippen LogP contribution in [0.25, 0.3) is 11.2 Å². The molecule has 0 aliphatic heterocycles. The Kier molecular flexibility index (Phi) is 7.79. The summed E-state index contributed by atoms with van der Waals surface area (Å²) in [6.45, 7) is 3.15. The summed E-state index contributed by atoms with van der Waals surface area (Å²) >= 11 is 10.8. The Labute approximate surface area is 152 Å². The predicted octanol–water partition coefficient (Wildman–Crippen LogP) is 5.47. The maximum atomic E-state index is 5.64. The van der Waals surface area contributed by atoms with Gasteiger partial charge in [-0.3, -0.25) is 4.98 Å². The first kappa shape index (κ1) is 18.5. The van der Waals surface area contributed by atoms with Crippen LogP contribution in [0, 0.1) is 0 Å². The molecule has 0 aliphatic carbocycles. The number of hydrogen-bond donors (Lipinski definition) is 2. The van der Waals surface area contributed by atoms with Crippen LogP contribution in [-0.4, -0.2) is 16.6 Å². The predicted molar refractivity (Wildman–Crippen MR) is 105 cm³/mol. The molecule has 4 nitrogen and oxygen atoms in total. The summed E-state index contributed by atoms with van der Waals surface area (Å²) in [7, 11) is 0. The van der Waals surface area contributed by atoms with Crippen molar-refractivity contribution in [1.82, 2.24) is 10.3 Å². The molecule has 24 heavy (non-hydrogen) atoms. The molecule has 0 saturated carbocycles. The van der Waals surface area contributed by atoms with Crippen molar-refractivity contribution in [3.05, 3.63) is 47.7 Å². The van der Waals surface area contributed by atoms with Crippen molar-refractivity contribution in [2.75, 3.05) is 11.9 Å². The van der Waals surface area contributed by atoms with E-state index in [2.05, 4.69) is 22.5 Å². The molecule has 0 aliphatic rings. The molecule has 0 fully saturated rings. The van der Waals surface area contributed by atoms with Crippen LogP contribution in [0.15, 0.2) is 47.1 Å². The summed E-state index contributed by atoms with van der Waals surface area (Å²) in [6.07, 6.45) is 8.48. The van der Waals surface area contributed by atoms with Crippen LogP contribution >= 0.6 is 23.8 Å². The third-order valence-corrected chi connectivity index (χ3v) is 3.93. The number of thiocarbonyl (C=S) groups is 1. The summed E-state index contributed by atoms with van der Waals surface area (Å²) in [6, 6.07) is 9.34. The SMILES string of the molecule is CCCCCCNC(=S)Nc1ccncc1.Clc1cc2ccc1o2. The molecule has 6 heteroatoms. The second-order valence-corrected chi connectivity index (χ2v) is 6.19. The number of nitrogens with one attached hydrogen (secondary N) is 2. The molecule has 0 saturated heterocycles. The lowest BCUT2D eigenvalue weighted by Gasteiger charge is -2.09. The van der Waals surface area contributed by atoms with Gasteiger partial charge in [0, 0.05) is 30.7 Å². The quantitative estimate of drug-likeness (QED) is 0.449. The highest BCUT2D eigenvalue weighted by Crippen LogP contribution is 2.25. The van der Waals surface area contributed by atoms with E-state index in [4.69, 9.17) is 28.2 Å². The van der Waals surface area contributed by atoms with Gasteiger partial charge in [0.05, 0.1) is 5.02 Å². The first-order valence-electron chi connectivity index (χ1n) is 8.11. The van der Waals surface area contributed by atoms with Gasteiger partial charge in [0.15, 0.2) is 5.11 Å². The van der Waals surface area contributed by atoms with Crippen LogP contribution in [0.2, 0.25) is 5.02 Å². The van der Waals surface area contributed by atoms with E-state index >= 15 is 0 Å². The smallest absolute Gasteiger partial charge is 0.170 e. The van der Waals surface area contributed by atoms with Gasteiger partial charge in [0.2, 0.25) is 0 Å². The highest BCUT2D eigenvalue weighted by Gasteiger charge is 2.01. The van der Waals surface area contributed by atoms with E-state index in [-0.39, 0.29) is 0 Å². The van der Waals surface area contributed by atoms with Crippen molar-refractivity contribution in [2.45, 2.75) is 32.6 Å². The number of unbranched alkanes of at least 4 members (excludes halogenated alkanes) is 3. The molecule has 0 aromatic carbocycles. The van der Waals surface area contributed by atoms with Crippen LogP contribution in [-0.2, 0) is 0 Å². The highest BCUT2D eigenvalue weighted by atomic mass is 35.5. The van der Waals surface area contributed by atoms with E-state index in [1.54, 1.807) is 18.5 Å². The average molecular weight is 364 g/mol. The third-order valence-electron chi connectivity index (χ3n) is 3.39. The normalized spacial score (nSPS) is 10.2. The maximum absolute atomic E-state index is 5.64. The Morgan fingerprint density at radius 3 is 2.50 bits per heavy atom. The molecule has 3 rings (SSSR count). The zero-order valence-electron chi connectivity index (χ0n) is 13.7. The summed E-state index contributed by atoms with van der Waals surface area (Å²) in [5.41, 5.74) is 2.60. The monoisotopic (exact) mass is 363 g/mol. The standard InChI is InChI=1S/C12H19N3S.C6H3ClO/c1-2-3-4-5-8-14-12(16)15-11-6-9-13-10-7-11;7-5-3-4-1-2-6(5)8-4/h6-7,9-10H,2-5,8H2,1H3,(H2,13,14,15,16);1-3H. The third kappa shape index (κ3) is 6.34. The van der Waals surface area contributed by atoms with Gasteiger partial charge in [-0.25, -0.2) is 0 Å². The first-order chi connectivity index (χ1) is 11.7. The number of benzene rings is 1. The van der Waals surface area contributed by atoms with Gasteiger partial charge in [-0.2, -0.15) is 0 Å². The Bertz CT molecular complexity index is 717. The lowest BCUT2D eigenvalue weighted by atomic mass is 10.2. The second kappa shape index (κ2) is 10.1. The minimum Gasteiger partial charge on any atom is -0.456 e. The van der Waals surface area contributed by atoms with E-state index in [0.717, 1.165) is 23.4 Å². The average Bonchev–Trinajstić information content (AvgIpc) is 3.18. The zero-order chi connectivity index (χ0) is 17.2. The van der Waals surface area contributed by atoms with Gasteiger partial charge in [0.25, 0.3) is 0 Å². The van der Waals surface area contributed by atoms with Crippen LogP contribution in [0.1, 0.15) is 32.6 Å². The topological polar surface area (TPSA) is 50.1 Å².